The lowest BCUT2D eigenvalue weighted by atomic mass is 10.0. The predicted octanol–water partition coefficient (Wildman–Crippen LogP) is 24.8. The van der Waals surface area contributed by atoms with Crippen molar-refractivity contribution in [2.24, 2.45) is 0 Å². The number of carbonyl (C=O) groups excluding carboxylic acids is 3. The number of hydrogen-bond acceptors (Lipinski definition) is 6. The van der Waals surface area contributed by atoms with E-state index >= 15 is 0 Å². The summed E-state index contributed by atoms with van der Waals surface area (Å²) in [5.41, 5.74) is 0. The van der Waals surface area contributed by atoms with E-state index in [9.17, 15) is 14.4 Å². The van der Waals surface area contributed by atoms with Crippen LogP contribution in [0.5, 0.6) is 0 Å². The summed E-state index contributed by atoms with van der Waals surface area (Å²) in [5.74, 6) is -0.891. The summed E-state index contributed by atoms with van der Waals surface area (Å²) in [5, 5.41) is 0. The Bertz CT molecular complexity index is 1610. The van der Waals surface area contributed by atoms with E-state index in [1.165, 1.54) is 199 Å². The first-order valence-electron chi connectivity index (χ1n) is 35.7. The maximum absolute atomic E-state index is 12.9. The third kappa shape index (κ3) is 69.0. The van der Waals surface area contributed by atoms with Crippen molar-refractivity contribution in [3.05, 3.63) is 97.2 Å². The highest BCUT2D eigenvalue weighted by molar-refractivity contribution is 5.71. The zero-order valence-corrected chi connectivity index (χ0v) is 54.9. The summed E-state index contributed by atoms with van der Waals surface area (Å²) in [4.78, 5) is 38.4. The van der Waals surface area contributed by atoms with Crippen LogP contribution in [0.25, 0.3) is 0 Å². The Hall–Kier alpha value is -3.67. The summed E-state index contributed by atoms with van der Waals surface area (Å²) >= 11 is 0. The molecule has 1 atom stereocenters. The van der Waals surface area contributed by atoms with E-state index in [1.807, 2.05) is 0 Å². The molecule has 0 aliphatic rings. The first-order valence-corrected chi connectivity index (χ1v) is 35.7. The largest absolute Gasteiger partial charge is 0.462 e. The molecule has 0 heterocycles. The SMILES string of the molecule is CC/C=C\C/C=C\C/C=C\C/C=C\CCCCCCCCC(=O)OC(COC(=O)CCCCCCC/C=C\CCCCCCCC)COC(=O)CCCCCCCCCCCCCCCCCC/C=C\C/C=C\C/C=C\CCCCCCC. The molecule has 0 rings (SSSR count). The number of carbonyl (C=O) groups is 3. The Morgan fingerprint density at radius 1 is 0.253 bits per heavy atom. The molecule has 0 amide bonds. The summed E-state index contributed by atoms with van der Waals surface area (Å²) in [6.07, 6.45) is 95.8. The van der Waals surface area contributed by atoms with Crippen molar-refractivity contribution in [1.29, 1.82) is 0 Å². The van der Waals surface area contributed by atoms with Crippen molar-refractivity contribution >= 4 is 17.9 Å². The van der Waals surface area contributed by atoms with Gasteiger partial charge in [0.15, 0.2) is 6.10 Å². The topological polar surface area (TPSA) is 78.9 Å². The van der Waals surface area contributed by atoms with Crippen molar-refractivity contribution in [3.63, 3.8) is 0 Å². The van der Waals surface area contributed by atoms with Gasteiger partial charge in [-0.2, -0.15) is 0 Å². The fraction of sp³-hybridized carbons (Fsp3) is 0.753. The normalized spacial score (nSPS) is 12.7. The fourth-order valence-corrected chi connectivity index (χ4v) is 10.2. The number of esters is 3. The minimum absolute atomic E-state index is 0.0840. The van der Waals surface area contributed by atoms with E-state index in [1.54, 1.807) is 0 Å². The van der Waals surface area contributed by atoms with E-state index in [2.05, 4.69) is 118 Å². The van der Waals surface area contributed by atoms with Gasteiger partial charge in [-0.25, -0.2) is 0 Å². The van der Waals surface area contributed by atoms with E-state index in [-0.39, 0.29) is 31.1 Å². The van der Waals surface area contributed by atoms with E-state index in [0.29, 0.717) is 19.3 Å². The van der Waals surface area contributed by atoms with E-state index in [0.717, 1.165) is 116 Å². The van der Waals surface area contributed by atoms with Crippen LogP contribution in [-0.2, 0) is 28.6 Å². The van der Waals surface area contributed by atoms with Crippen LogP contribution in [0.4, 0.5) is 0 Å². The molecule has 478 valence electrons. The van der Waals surface area contributed by atoms with Gasteiger partial charge >= 0.3 is 17.9 Å². The molecule has 0 radical (unpaired) electrons. The van der Waals surface area contributed by atoms with Crippen molar-refractivity contribution < 1.29 is 28.6 Å². The number of rotatable bonds is 65. The molecule has 0 bridgehead atoms. The van der Waals surface area contributed by atoms with Crippen LogP contribution in [0.3, 0.4) is 0 Å². The zero-order chi connectivity index (χ0) is 59.9. The molecule has 6 heteroatoms. The number of unbranched alkanes of at least 4 members (excludes halogenated alkanes) is 38. The van der Waals surface area contributed by atoms with Gasteiger partial charge in [-0.15, -0.1) is 0 Å². The lowest BCUT2D eigenvalue weighted by molar-refractivity contribution is -0.167. The molecular weight excluding hydrogens is 1020 g/mol. The Balaban J connectivity index is 4.27. The molecule has 6 nitrogen and oxygen atoms in total. The second-order valence-corrected chi connectivity index (χ2v) is 23.8. The van der Waals surface area contributed by atoms with Gasteiger partial charge in [-0.05, 0) is 122 Å². The molecule has 0 N–H and O–H groups in total. The van der Waals surface area contributed by atoms with Crippen molar-refractivity contribution in [2.45, 2.75) is 361 Å². The van der Waals surface area contributed by atoms with E-state index < -0.39 is 6.10 Å². The number of ether oxygens (including phenoxy) is 3. The minimum atomic E-state index is -0.790. The standard InChI is InChI=1S/C77H134O6/c1-4-7-10-13-16-19-22-25-28-30-32-33-34-35-36-37-38-39-40-41-42-43-45-46-49-52-55-58-61-64-67-70-76(79)82-73-74(72-81-75(78)69-66-63-60-57-54-51-48-27-24-21-18-15-12-9-6-3)83-77(80)71-68-65-62-59-56-53-50-47-44-31-29-26-23-20-17-14-11-8-5-2/h8,11,17,20,22,25-27,29-30,32,34-35,44,47-48,74H,4-7,9-10,12-16,18-19,21,23-24,28,31,33,36-43,45-46,49-73H2,1-3H3/b11-8-,20-17-,25-22-,29-26-,32-30-,35-34-,47-44-,48-27-. The first-order chi connectivity index (χ1) is 41.0. The van der Waals surface area contributed by atoms with Crippen LogP contribution in [0, 0.1) is 0 Å². The Kier molecular flexibility index (Phi) is 67.7. The van der Waals surface area contributed by atoms with Crippen molar-refractivity contribution in [3.8, 4) is 0 Å². The van der Waals surface area contributed by atoms with Crippen molar-refractivity contribution in [2.75, 3.05) is 13.2 Å². The Morgan fingerprint density at radius 3 is 0.747 bits per heavy atom. The van der Waals surface area contributed by atoms with Gasteiger partial charge in [0.05, 0.1) is 0 Å². The quantitative estimate of drug-likeness (QED) is 0.0261. The smallest absolute Gasteiger partial charge is 0.306 e. The van der Waals surface area contributed by atoms with E-state index in [4.69, 9.17) is 14.2 Å². The molecular formula is C77H134O6. The fourth-order valence-electron chi connectivity index (χ4n) is 10.2. The van der Waals surface area contributed by atoms with Gasteiger partial charge in [0.1, 0.15) is 13.2 Å². The summed E-state index contributed by atoms with van der Waals surface area (Å²) < 4.78 is 17.0. The van der Waals surface area contributed by atoms with Gasteiger partial charge in [0.2, 0.25) is 0 Å². The highest BCUT2D eigenvalue weighted by atomic mass is 16.6. The summed E-state index contributed by atoms with van der Waals surface area (Å²) in [6.45, 7) is 6.53. The Labute approximate surface area is 515 Å². The van der Waals surface area contributed by atoms with Crippen LogP contribution < -0.4 is 0 Å². The van der Waals surface area contributed by atoms with Gasteiger partial charge in [0.25, 0.3) is 0 Å². The molecule has 0 aliphatic heterocycles. The zero-order valence-electron chi connectivity index (χ0n) is 54.9. The lowest BCUT2D eigenvalue weighted by Crippen LogP contribution is -2.30. The molecule has 0 spiro atoms. The number of hydrogen-bond donors (Lipinski definition) is 0. The monoisotopic (exact) mass is 1160 g/mol. The minimum Gasteiger partial charge on any atom is -0.462 e. The van der Waals surface area contributed by atoms with Gasteiger partial charge in [-0.3, -0.25) is 14.4 Å². The van der Waals surface area contributed by atoms with Crippen molar-refractivity contribution in [1.82, 2.24) is 0 Å². The van der Waals surface area contributed by atoms with Crippen LogP contribution in [0.15, 0.2) is 97.2 Å². The molecule has 0 saturated carbocycles. The molecule has 0 aromatic carbocycles. The van der Waals surface area contributed by atoms with Gasteiger partial charge in [-0.1, -0.05) is 311 Å². The summed E-state index contributed by atoms with van der Waals surface area (Å²) in [7, 11) is 0. The average Bonchev–Trinajstić information content (AvgIpc) is 3.49. The van der Waals surface area contributed by atoms with Gasteiger partial charge < -0.3 is 14.2 Å². The molecule has 83 heavy (non-hydrogen) atoms. The van der Waals surface area contributed by atoms with Crippen LogP contribution in [0.2, 0.25) is 0 Å². The van der Waals surface area contributed by atoms with Crippen LogP contribution in [0.1, 0.15) is 355 Å². The third-order valence-electron chi connectivity index (χ3n) is 15.5. The highest BCUT2D eigenvalue weighted by Gasteiger charge is 2.19. The molecule has 0 aromatic rings. The lowest BCUT2D eigenvalue weighted by Gasteiger charge is -2.18. The maximum atomic E-state index is 12.9. The molecule has 0 saturated heterocycles. The average molecular weight is 1160 g/mol. The molecule has 0 aromatic heterocycles. The Morgan fingerprint density at radius 2 is 0.470 bits per heavy atom. The first kappa shape index (κ1) is 79.3. The molecule has 0 fully saturated rings. The van der Waals surface area contributed by atoms with Crippen LogP contribution in [-0.4, -0.2) is 37.2 Å². The summed E-state index contributed by atoms with van der Waals surface area (Å²) in [6, 6.07) is 0. The molecule has 0 aliphatic carbocycles. The third-order valence-corrected chi connectivity index (χ3v) is 15.5. The maximum Gasteiger partial charge on any atom is 0.306 e. The second kappa shape index (κ2) is 70.8. The number of allylic oxidation sites excluding steroid dienone is 16. The second-order valence-electron chi connectivity index (χ2n) is 23.8. The molecule has 1 unspecified atom stereocenters. The van der Waals surface area contributed by atoms with Gasteiger partial charge in [0, 0.05) is 19.3 Å². The van der Waals surface area contributed by atoms with Crippen LogP contribution >= 0.6 is 0 Å². The predicted molar refractivity (Wildman–Crippen MR) is 362 cm³/mol. The highest BCUT2D eigenvalue weighted by Crippen LogP contribution is 2.17.